The topological polar surface area (TPSA) is 12.0 Å². The van der Waals surface area contributed by atoms with Crippen LogP contribution in [0.1, 0.15) is 22.7 Å². The first kappa shape index (κ1) is 12.0. The highest BCUT2D eigenvalue weighted by atomic mass is 35.5. The maximum Gasteiger partial charge on any atom is 0.0595 e. The summed E-state index contributed by atoms with van der Waals surface area (Å²) in [7, 11) is 0. The Morgan fingerprint density at radius 2 is 1.83 bits per heavy atom. The zero-order chi connectivity index (χ0) is 12.5. The van der Waals surface area contributed by atoms with Gasteiger partial charge in [0.1, 0.15) is 0 Å². The first-order valence-corrected chi connectivity index (χ1v) is 6.77. The summed E-state index contributed by atoms with van der Waals surface area (Å²) < 4.78 is 0. The fourth-order valence-electron chi connectivity index (χ4n) is 2.49. The highest BCUT2D eigenvalue weighted by molar-refractivity contribution is 6.42. The van der Waals surface area contributed by atoms with Crippen LogP contribution in [0.3, 0.4) is 0 Å². The summed E-state index contributed by atoms with van der Waals surface area (Å²) in [5, 5.41) is 4.75. The molecule has 0 unspecified atom stereocenters. The average Bonchev–Trinajstić information content (AvgIpc) is 2.41. The van der Waals surface area contributed by atoms with Gasteiger partial charge < -0.3 is 5.32 Å². The van der Waals surface area contributed by atoms with Gasteiger partial charge in [0.15, 0.2) is 0 Å². The first-order chi connectivity index (χ1) is 8.75. The van der Waals surface area contributed by atoms with Gasteiger partial charge in [-0.1, -0.05) is 53.5 Å². The molecule has 3 rings (SSSR count). The van der Waals surface area contributed by atoms with Crippen molar-refractivity contribution in [2.24, 2.45) is 0 Å². The molecule has 2 aromatic rings. The Kier molecular flexibility index (Phi) is 3.29. The standard InChI is InChI=1S/C15H13Cl2N/c16-13-6-5-11(9-14(13)17)15-12-4-2-1-3-10(12)7-8-18-15/h1-6,9,15,18H,7-8H2/t15-/m1/s1. The van der Waals surface area contributed by atoms with Gasteiger partial charge in [0.2, 0.25) is 0 Å². The quantitative estimate of drug-likeness (QED) is 0.823. The molecule has 1 aliphatic rings. The Morgan fingerprint density at radius 1 is 1.00 bits per heavy atom. The minimum absolute atomic E-state index is 0.213. The van der Waals surface area contributed by atoms with Crippen LogP contribution in [0.15, 0.2) is 42.5 Å². The minimum Gasteiger partial charge on any atom is -0.306 e. The van der Waals surface area contributed by atoms with Crippen molar-refractivity contribution in [3.8, 4) is 0 Å². The van der Waals surface area contributed by atoms with E-state index in [1.807, 2.05) is 18.2 Å². The van der Waals surface area contributed by atoms with Crippen molar-refractivity contribution in [2.45, 2.75) is 12.5 Å². The van der Waals surface area contributed by atoms with E-state index in [1.165, 1.54) is 11.1 Å². The maximum absolute atomic E-state index is 6.10. The molecule has 92 valence electrons. The molecule has 2 aromatic carbocycles. The van der Waals surface area contributed by atoms with Crippen molar-refractivity contribution < 1.29 is 0 Å². The number of halogens is 2. The number of fused-ring (bicyclic) bond motifs is 1. The average molecular weight is 278 g/mol. The van der Waals surface area contributed by atoms with Crippen LogP contribution in [0.5, 0.6) is 0 Å². The Bertz CT molecular complexity index is 580. The second-order valence-electron chi connectivity index (χ2n) is 4.51. The lowest BCUT2D eigenvalue weighted by molar-refractivity contribution is 0.568. The molecule has 1 heterocycles. The smallest absolute Gasteiger partial charge is 0.0595 e. The maximum atomic E-state index is 6.10. The van der Waals surface area contributed by atoms with Crippen molar-refractivity contribution in [1.29, 1.82) is 0 Å². The van der Waals surface area contributed by atoms with Crippen molar-refractivity contribution in [3.63, 3.8) is 0 Å². The molecular weight excluding hydrogens is 265 g/mol. The molecule has 0 amide bonds. The van der Waals surface area contributed by atoms with Crippen LogP contribution >= 0.6 is 23.2 Å². The van der Waals surface area contributed by atoms with E-state index >= 15 is 0 Å². The van der Waals surface area contributed by atoms with Crippen molar-refractivity contribution in [3.05, 3.63) is 69.2 Å². The minimum atomic E-state index is 0.213. The van der Waals surface area contributed by atoms with Gasteiger partial charge in [-0.15, -0.1) is 0 Å². The summed E-state index contributed by atoms with van der Waals surface area (Å²) >= 11 is 12.1. The molecule has 0 radical (unpaired) electrons. The summed E-state index contributed by atoms with van der Waals surface area (Å²) in [6.07, 6.45) is 1.08. The van der Waals surface area contributed by atoms with E-state index in [9.17, 15) is 0 Å². The molecule has 0 saturated heterocycles. The number of rotatable bonds is 1. The highest BCUT2D eigenvalue weighted by Gasteiger charge is 2.21. The third-order valence-corrected chi connectivity index (χ3v) is 4.12. The monoisotopic (exact) mass is 277 g/mol. The Labute approximate surface area is 117 Å². The molecule has 1 nitrogen and oxygen atoms in total. The van der Waals surface area contributed by atoms with Crippen LogP contribution in [-0.4, -0.2) is 6.54 Å². The number of nitrogens with one attached hydrogen (secondary N) is 1. The Balaban J connectivity index is 2.05. The zero-order valence-electron chi connectivity index (χ0n) is 9.79. The van der Waals surface area contributed by atoms with Gasteiger partial charge in [-0.05, 0) is 35.2 Å². The van der Waals surface area contributed by atoms with Gasteiger partial charge in [-0.25, -0.2) is 0 Å². The van der Waals surface area contributed by atoms with E-state index < -0.39 is 0 Å². The summed E-state index contributed by atoms with van der Waals surface area (Å²) in [5.41, 5.74) is 3.91. The summed E-state index contributed by atoms with van der Waals surface area (Å²) in [6.45, 7) is 0.988. The van der Waals surface area contributed by atoms with E-state index in [0.29, 0.717) is 10.0 Å². The number of hydrogen-bond acceptors (Lipinski definition) is 1. The molecule has 1 atom stereocenters. The van der Waals surface area contributed by atoms with Crippen molar-refractivity contribution in [2.75, 3.05) is 6.54 Å². The molecule has 0 spiro atoms. The van der Waals surface area contributed by atoms with E-state index in [-0.39, 0.29) is 6.04 Å². The largest absolute Gasteiger partial charge is 0.306 e. The predicted octanol–water partition coefficient (Wildman–Crippen LogP) is 4.23. The zero-order valence-corrected chi connectivity index (χ0v) is 11.3. The fourth-order valence-corrected chi connectivity index (χ4v) is 2.80. The van der Waals surface area contributed by atoms with E-state index in [1.54, 1.807) is 0 Å². The molecule has 0 fully saturated rings. The lowest BCUT2D eigenvalue weighted by atomic mass is 9.90. The SMILES string of the molecule is Clc1ccc([C@H]2NCCc3ccccc32)cc1Cl. The molecular formula is C15H13Cl2N. The van der Waals surface area contributed by atoms with Crippen LogP contribution in [-0.2, 0) is 6.42 Å². The lowest BCUT2D eigenvalue weighted by Gasteiger charge is -2.27. The molecule has 0 saturated carbocycles. The highest BCUT2D eigenvalue weighted by Crippen LogP contribution is 2.32. The van der Waals surface area contributed by atoms with Crippen LogP contribution in [0.2, 0.25) is 10.0 Å². The lowest BCUT2D eigenvalue weighted by Crippen LogP contribution is -2.30. The number of benzene rings is 2. The van der Waals surface area contributed by atoms with Gasteiger partial charge in [0.05, 0.1) is 16.1 Å². The molecule has 18 heavy (non-hydrogen) atoms. The van der Waals surface area contributed by atoms with Crippen LogP contribution in [0.25, 0.3) is 0 Å². The van der Waals surface area contributed by atoms with Gasteiger partial charge in [0, 0.05) is 6.54 Å². The molecule has 0 aliphatic carbocycles. The Morgan fingerprint density at radius 3 is 2.67 bits per heavy atom. The summed E-state index contributed by atoms with van der Waals surface area (Å²) in [5.74, 6) is 0. The van der Waals surface area contributed by atoms with Crippen molar-refractivity contribution in [1.82, 2.24) is 5.32 Å². The van der Waals surface area contributed by atoms with Gasteiger partial charge in [-0.2, -0.15) is 0 Å². The van der Waals surface area contributed by atoms with E-state index in [4.69, 9.17) is 23.2 Å². The molecule has 0 aromatic heterocycles. The molecule has 1 aliphatic heterocycles. The summed E-state index contributed by atoms with van der Waals surface area (Å²) in [4.78, 5) is 0. The van der Waals surface area contributed by atoms with Crippen LogP contribution < -0.4 is 5.32 Å². The third-order valence-electron chi connectivity index (χ3n) is 3.39. The van der Waals surface area contributed by atoms with Crippen LogP contribution in [0, 0.1) is 0 Å². The normalized spacial score (nSPS) is 18.4. The third kappa shape index (κ3) is 2.14. The second kappa shape index (κ2) is 4.93. The predicted molar refractivity (Wildman–Crippen MR) is 76.5 cm³/mol. The Hall–Kier alpha value is -1.02. The first-order valence-electron chi connectivity index (χ1n) is 6.02. The molecule has 0 bridgehead atoms. The van der Waals surface area contributed by atoms with Gasteiger partial charge in [0.25, 0.3) is 0 Å². The second-order valence-corrected chi connectivity index (χ2v) is 5.32. The van der Waals surface area contributed by atoms with Gasteiger partial charge >= 0.3 is 0 Å². The van der Waals surface area contributed by atoms with Crippen LogP contribution in [0.4, 0.5) is 0 Å². The molecule has 3 heteroatoms. The van der Waals surface area contributed by atoms with Crippen molar-refractivity contribution >= 4 is 23.2 Å². The van der Waals surface area contributed by atoms with Gasteiger partial charge in [-0.3, -0.25) is 0 Å². The van der Waals surface area contributed by atoms with E-state index in [0.717, 1.165) is 18.5 Å². The fraction of sp³-hybridized carbons (Fsp3) is 0.200. The summed E-state index contributed by atoms with van der Waals surface area (Å²) in [6, 6.07) is 14.6. The molecule has 1 N–H and O–H groups in total. The van der Waals surface area contributed by atoms with E-state index in [2.05, 4.69) is 29.6 Å². The number of hydrogen-bond donors (Lipinski definition) is 1.